The van der Waals surface area contributed by atoms with E-state index in [9.17, 15) is 13.2 Å². The minimum absolute atomic E-state index is 0.0399. The first-order valence-electron chi connectivity index (χ1n) is 7.54. The summed E-state index contributed by atoms with van der Waals surface area (Å²) in [5, 5.41) is 19.4. The first-order chi connectivity index (χ1) is 11.9. The van der Waals surface area contributed by atoms with Crippen molar-refractivity contribution in [3.8, 4) is 0 Å². The lowest BCUT2D eigenvalue weighted by molar-refractivity contribution is -0.137. The molecule has 3 N–H and O–H groups in total. The number of benzene rings is 1. The number of pyridine rings is 1. The van der Waals surface area contributed by atoms with Crippen molar-refractivity contribution >= 4 is 23.1 Å². The van der Waals surface area contributed by atoms with Crippen LogP contribution in [-0.2, 0) is 6.18 Å². The lowest BCUT2D eigenvalue weighted by atomic mass is 10.2. The first kappa shape index (κ1) is 17.0. The summed E-state index contributed by atoms with van der Waals surface area (Å²) in [5.41, 5.74) is 0.289. The van der Waals surface area contributed by atoms with Crippen LogP contribution in [-0.4, -0.2) is 32.4 Å². The highest BCUT2D eigenvalue weighted by Crippen LogP contribution is 2.30. The van der Waals surface area contributed by atoms with Gasteiger partial charge < -0.3 is 15.7 Å². The van der Waals surface area contributed by atoms with Gasteiger partial charge in [0.25, 0.3) is 0 Å². The summed E-state index contributed by atoms with van der Waals surface area (Å²) >= 11 is 0. The third-order valence-corrected chi connectivity index (χ3v) is 3.50. The maximum absolute atomic E-state index is 12.6. The van der Waals surface area contributed by atoms with Gasteiger partial charge in [-0.3, -0.25) is 0 Å². The molecule has 1 aromatic carbocycles. The maximum atomic E-state index is 12.6. The molecule has 2 heterocycles. The molecule has 0 saturated heterocycles. The van der Waals surface area contributed by atoms with Crippen LogP contribution in [0.2, 0.25) is 0 Å². The molecular formula is C16H16F3N5O. The molecule has 132 valence electrons. The summed E-state index contributed by atoms with van der Waals surface area (Å²) in [7, 11) is 0. The van der Waals surface area contributed by atoms with E-state index in [4.69, 9.17) is 5.11 Å². The quantitative estimate of drug-likeness (QED) is 0.658. The highest BCUT2D eigenvalue weighted by Gasteiger charge is 2.29. The molecule has 6 nitrogen and oxygen atoms in total. The zero-order valence-corrected chi connectivity index (χ0v) is 13.2. The summed E-state index contributed by atoms with van der Waals surface area (Å²) in [4.78, 5) is 4.29. The van der Waals surface area contributed by atoms with E-state index < -0.39 is 11.7 Å². The highest BCUT2D eigenvalue weighted by atomic mass is 19.4. The van der Waals surface area contributed by atoms with Crippen LogP contribution in [0.15, 0.2) is 42.5 Å². The van der Waals surface area contributed by atoms with Crippen LogP contribution in [0.1, 0.15) is 12.5 Å². The molecule has 3 rings (SSSR count). The largest absolute Gasteiger partial charge is 0.416 e. The number of aliphatic hydroxyl groups is 1. The molecule has 0 bridgehead atoms. The number of aromatic nitrogens is 3. The zero-order chi connectivity index (χ0) is 18.0. The van der Waals surface area contributed by atoms with Crippen molar-refractivity contribution in [3.63, 3.8) is 0 Å². The van der Waals surface area contributed by atoms with Gasteiger partial charge in [0, 0.05) is 11.7 Å². The van der Waals surface area contributed by atoms with Crippen molar-refractivity contribution in [1.82, 2.24) is 14.6 Å². The molecule has 0 aliphatic heterocycles. The van der Waals surface area contributed by atoms with E-state index in [1.807, 2.05) is 6.92 Å². The van der Waals surface area contributed by atoms with Crippen LogP contribution in [0.4, 0.5) is 30.6 Å². The Morgan fingerprint density at radius 1 is 1.16 bits per heavy atom. The summed E-state index contributed by atoms with van der Waals surface area (Å²) in [5.74, 6) is 0.901. The van der Waals surface area contributed by atoms with E-state index in [1.165, 1.54) is 12.1 Å². The molecule has 0 unspecified atom stereocenters. The Labute approximate surface area is 141 Å². The molecule has 2 aromatic heterocycles. The smallest absolute Gasteiger partial charge is 0.394 e. The van der Waals surface area contributed by atoms with Crippen LogP contribution >= 0.6 is 0 Å². The molecule has 0 amide bonds. The van der Waals surface area contributed by atoms with E-state index in [1.54, 1.807) is 22.7 Å². The van der Waals surface area contributed by atoms with Crippen LogP contribution in [0.25, 0.3) is 5.65 Å². The number of alkyl halides is 3. The Balaban J connectivity index is 1.83. The number of rotatable bonds is 5. The molecular weight excluding hydrogens is 335 g/mol. The topological polar surface area (TPSA) is 74.5 Å². The number of hydrogen-bond donors (Lipinski definition) is 3. The predicted octanol–water partition coefficient (Wildman–Crippen LogP) is 3.28. The van der Waals surface area contributed by atoms with Crippen LogP contribution in [0, 0.1) is 0 Å². The number of nitrogens with one attached hydrogen (secondary N) is 2. The first-order valence-corrected chi connectivity index (χ1v) is 7.54. The number of aliphatic hydroxyl groups excluding tert-OH is 1. The second-order valence-electron chi connectivity index (χ2n) is 5.54. The Morgan fingerprint density at radius 2 is 1.88 bits per heavy atom. The number of halogens is 3. The minimum atomic E-state index is -4.37. The second kappa shape index (κ2) is 6.60. The molecule has 0 spiro atoms. The van der Waals surface area contributed by atoms with Gasteiger partial charge in [-0.1, -0.05) is 6.07 Å². The normalized spacial score (nSPS) is 13.0. The van der Waals surface area contributed by atoms with Crippen molar-refractivity contribution in [3.05, 3.63) is 48.0 Å². The summed E-state index contributed by atoms with van der Waals surface area (Å²) in [6, 6.07) is 9.79. The molecule has 25 heavy (non-hydrogen) atoms. The van der Waals surface area contributed by atoms with E-state index in [2.05, 4.69) is 20.7 Å². The van der Waals surface area contributed by atoms with Crippen molar-refractivity contribution in [2.24, 2.45) is 0 Å². The Morgan fingerprint density at radius 3 is 2.52 bits per heavy atom. The van der Waals surface area contributed by atoms with Gasteiger partial charge in [-0.2, -0.15) is 22.7 Å². The lowest BCUT2D eigenvalue weighted by Gasteiger charge is -2.12. The van der Waals surface area contributed by atoms with E-state index >= 15 is 0 Å². The fourth-order valence-corrected chi connectivity index (χ4v) is 2.24. The van der Waals surface area contributed by atoms with Crippen LogP contribution in [0.5, 0.6) is 0 Å². The molecule has 0 aliphatic rings. The van der Waals surface area contributed by atoms with Gasteiger partial charge >= 0.3 is 6.18 Å². The lowest BCUT2D eigenvalue weighted by Crippen LogP contribution is -2.21. The molecule has 9 heteroatoms. The molecule has 0 fully saturated rings. The van der Waals surface area contributed by atoms with Crippen LogP contribution < -0.4 is 10.6 Å². The van der Waals surface area contributed by atoms with E-state index in [0.717, 1.165) is 12.1 Å². The number of fused-ring (bicyclic) bond motifs is 1. The Kier molecular flexibility index (Phi) is 4.49. The number of anilines is 3. The summed E-state index contributed by atoms with van der Waals surface area (Å²) in [6.45, 7) is 1.78. The van der Waals surface area contributed by atoms with Crippen LogP contribution in [0.3, 0.4) is 0 Å². The monoisotopic (exact) mass is 351 g/mol. The minimum Gasteiger partial charge on any atom is -0.394 e. The average Bonchev–Trinajstić information content (AvgIpc) is 2.98. The van der Waals surface area contributed by atoms with Gasteiger partial charge in [0.05, 0.1) is 12.2 Å². The van der Waals surface area contributed by atoms with Gasteiger partial charge in [0.15, 0.2) is 5.65 Å². The summed E-state index contributed by atoms with van der Waals surface area (Å²) < 4.78 is 39.3. The maximum Gasteiger partial charge on any atom is 0.416 e. The molecule has 0 aliphatic carbocycles. The van der Waals surface area contributed by atoms with Crippen molar-refractivity contribution in [2.75, 3.05) is 17.2 Å². The predicted molar refractivity (Wildman–Crippen MR) is 87.9 cm³/mol. The average molecular weight is 351 g/mol. The van der Waals surface area contributed by atoms with Crippen molar-refractivity contribution in [2.45, 2.75) is 19.1 Å². The fraction of sp³-hybridized carbons (Fsp3) is 0.250. The van der Waals surface area contributed by atoms with Gasteiger partial charge in [-0.05, 0) is 43.3 Å². The third-order valence-electron chi connectivity index (χ3n) is 3.50. The highest BCUT2D eigenvalue weighted by molar-refractivity contribution is 5.58. The summed E-state index contributed by atoms with van der Waals surface area (Å²) in [6.07, 6.45) is -4.37. The molecule has 1 atom stereocenters. The standard InChI is InChI=1S/C16H16F3N5O/c1-10(9-25)20-13-3-2-4-14-22-15(23-24(13)14)21-12-7-5-11(6-8-12)16(17,18)19/h2-8,10,20,25H,9H2,1H3,(H,21,23)/t10-/m1/s1. The van der Waals surface area contributed by atoms with Gasteiger partial charge in [0.2, 0.25) is 5.95 Å². The number of hydrogen-bond acceptors (Lipinski definition) is 5. The van der Waals surface area contributed by atoms with Gasteiger partial charge in [-0.15, -0.1) is 5.10 Å². The fourth-order valence-electron chi connectivity index (χ4n) is 2.24. The second-order valence-corrected chi connectivity index (χ2v) is 5.54. The van der Waals surface area contributed by atoms with Gasteiger partial charge in [-0.25, -0.2) is 0 Å². The van der Waals surface area contributed by atoms with E-state index in [-0.39, 0.29) is 18.6 Å². The van der Waals surface area contributed by atoms with Gasteiger partial charge in [0.1, 0.15) is 5.82 Å². The van der Waals surface area contributed by atoms with Crippen molar-refractivity contribution < 1.29 is 18.3 Å². The van der Waals surface area contributed by atoms with Crippen molar-refractivity contribution in [1.29, 1.82) is 0 Å². The zero-order valence-electron chi connectivity index (χ0n) is 13.2. The van der Waals surface area contributed by atoms with E-state index in [0.29, 0.717) is 17.2 Å². The Hall–Kier alpha value is -2.81. The molecule has 0 radical (unpaired) electrons. The third kappa shape index (κ3) is 3.82. The number of nitrogens with zero attached hydrogens (tertiary/aromatic N) is 3. The SMILES string of the molecule is C[C@H](CO)Nc1cccc2nc(Nc3ccc(C(F)(F)F)cc3)nn12. The Bertz CT molecular complexity index is 860. The molecule has 0 saturated carbocycles. The molecule has 3 aromatic rings.